The van der Waals surface area contributed by atoms with Gasteiger partial charge in [0, 0.05) is 11.5 Å². The number of benzene rings is 2. The zero-order chi connectivity index (χ0) is 17.0. The van der Waals surface area contributed by atoms with Gasteiger partial charge in [0.15, 0.2) is 0 Å². The van der Waals surface area contributed by atoms with E-state index < -0.39 is 10.8 Å². The first-order chi connectivity index (χ1) is 11.0. The number of methoxy groups -OCH3 is 2. The normalized spacial score (nSPS) is 12.7. The highest BCUT2D eigenvalue weighted by Gasteiger charge is 2.20. The molecule has 5 nitrogen and oxygen atoms in total. The average molecular weight is 336 g/mol. The highest BCUT2D eigenvalue weighted by molar-refractivity contribution is 7.88. The zero-order valence-corrected chi connectivity index (χ0v) is 14.1. The maximum Gasteiger partial charge on any atom is 0.144 e. The van der Waals surface area contributed by atoms with Crippen LogP contribution in [0.3, 0.4) is 0 Å². The summed E-state index contributed by atoms with van der Waals surface area (Å²) in [6.07, 6.45) is 3.52. The third-order valence-electron chi connectivity index (χ3n) is 3.45. The van der Waals surface area contributed by atoms with E-state index in [-0.39, 0.29) is 21.8 Å². The molecule has 2 aromatic rings. The lowest BCUT2D eigenvalue weighted by Crippen LogP contribution is -1.94. The van der Waals surface area contributed by atoms with Crippen molar-refractivity contribution in [3.8, 4) is 23.0 Å². The molecule has 0 amide bonds. The second kappa shape index (κ2) is 7.37. The molecule has 2 rings (SSSR count). The van der Waals surface area contributed by atoms with Gasteiger partial charge in [0.05, 0.1) is 40.7 Å². The zero-order valence-electron chi connectivity index (χ0n) is 13.3. The van der Waals surface area contributed by atoms with Gasteiger partial charge in [-0.05, 0) is 18.6 Å². The van der Waals surface area contributed by atoms with E-state index >= 15 is 0 Å². The molecule has 0 spiro atoms. The lowest BCUT2D eigenvalue weighted by Gasteiger charge is -2.14. The quantitative estimate of drug-likeness (QED) is 0.787. The average Bonchev–Trinajstić information content (AvgIpc) is 2.56. The summed E-state index contributed by atoms with van der Waals surface area (Å²) >= 11 is 0. The topological polar surface area (TPSA) is 76.0 Å². The summed E-state index contributed by atoms with van der Waals surface area (Å²) in [4.78, 5) is 0.133. The van der Waals surface area contributed by atoms with Crippen LogP contribution in [0.4, 0.5) is 0 Å². The van der Waals surface area contributed by atoms with Crippen LogP contribution in [0.25, 0.3) is 10.8 Å². The van der Waals surface area contributed by atoms with Crippen LogP contribution in [0.2, 0.25) is 0 Å². The third kappa shape index (κ3) is 3.27. The molecular formula is C17H20O5S. The highest BCUT2D eigenvalue weighted by Crippen LogP contribution is 2.46. The fraction of sp³-hybridized carbons (Fsp3) is 0.294. The summed E-state index contributed by atoms with van der Waals surface area (Å²) in [7, 11) is 1.36. The van der Waals surface area contributed by atoms with Crippen molar-refractivity contribution < 1.29 is 23.9 Å². The molecule has 1 atom stereocenters. The predicted octanol–water partition coefficient (Wildman–Crippen LogP) is 3.69. The molecule has 0 aliphatic carbocycles. The van der Waals surface area contributed by atoms with Gasteiger partial charge in [-0.15, -0.1) is 0 Å². The Morgan fingerprint density at radius 2 is 1.74 bits per heavy atom. The van der Waals surface area contributed by atoms with Crippen molar-refractivity contribution >= 4 is 21.6 Å². The van der Waals surface area contributed by atoms with Crippen molar-refractivity contribution in [1.82, 2.24) is 0 Å². The molecule has 0 fully saturated rings. The number of unbranched alkanes of at least 4 members (excludes halogenated alkanes) is 1. The smallest absolute Gasteiger partial charge is 0.144 e. The largest absolute Gasteiger partial charge is 0.507 e. The Morgan fingerprint density at radius 3 is 2.30 bits per heavy atom. The van der Waals surface area contributed by atoms with E-state index in [1.807, 2.05) is 6.92 Å². The van der Waals surface area contributed by atoms with Gasteiger partial charge in [-0.2, -0.15) is 0 Å². The molecule has 1 unspecified atom stereocenters. The summed E-state index contributed by atoms with van der Waals surface area (Å²) in [5.41, 5.74) is 0. The number of hydrogen-bond donors (Lipinski definition) is 2. The Labute approximate surface area is 137 Å². The number of rotatable bonds is 6. The van der Waals surface area contributed by atoms with Crippen LogP contribution in [0.15, 0.2) is 34.6 Å². The summed E-state index contributed by atoms with van der Waals surface area (Å²) in [6.45, 7) is 2.02. The van der Waals surface area contributed by atoms with Crippen molar-refractivity contribution in [3.63, 3.8) is 0 Å². The van der Waals surface area contributed by atoms with E-state index in [1.54, 1.807) is 18.2 Å². The van der Waals surface area contributed by atoms with Crippen LogP contribution >= 0.6 is 0 Å². The van der Waals surface area contributed by atoms with Crippen LogP contribution in [-0.2, 0) is 10.8 Å². The van der Waals surface area contributed by atoms with Crippen LogP contribution in [-0.4, -0.2) is 28.6 Å². The van der Waals surface area contributed by atoms with Crippen molar-refractivity contribution in [2.75, 3.05) is 14.2 Å². The number of phenols is 2. The molecule has 0 aromatic heterocycles. The molecule has 0 aliphatic rings. The molecule has 2 N–H and O–H groups in total. The van der Waals surface area contributed by atoms with Gasteiger partial charge in [-0.1, -0.05) is 19.4 Å². The molecule has 6 heteroatoms. The van der Waals surface area contributed by atoms with Gasteiger partial charge in [-0.25, -0.2) is 4.21 Å². The Balaban J connectivity index is 2.71. The molecule has 2 aromatic carbocycles. The summed E-state index contributed by atoms with van der Waals surface area (Å²) in [6, 6.07) is 4.56. The number of aromatic hydroxyl groups is 2. The molecule has 0 bridgehead atoms. The molecule has 0 saturated carbocycles. The van der Waals surface area contributed by atoms with Crippen molar-refractivity contribution in [3.05, 3.63) is 29.7 Å². The minimum Gasteiger partial charge on any atom is -0.507 e. The standard InChI is InChI=1S/C17H20O5S/c1-4-5-6-9-23(20)14-10-11(18)15-12(21-2)7-8-13(22-3)16(15)17(14)19/h6-10,18-19H,4-5H2,1-3H3/b9-6+. The van der Waals surface area contributed by atoms with E-state index in [9.17, 15) is 14.4 Å². The molecule has 0 radical (unpaired) electrons. The minimum absolute atomic E-state index is 0.124. The summed E-state index contributed by atoms with van der Waals surface area (Å²) in [5, 5.41) is 23.0. The van der Waals surface area contributed by atoms with Crippen LogP contribution in [0.5, 0.6) is 23.0 Å². The van der Waals surface area contributed by atoms with Gasteiger partial charge in [-0.3, -0.25) is 0 Å². The van der Waals surface area contributed by atoms with Gasteiger partial charge in [0.25, 0.3) is 0 Å². The second-order valence-corrected chi connectivity index (χ2v) is 6.23. The number of phenolic OH excluding ortho intramolecular Hbond substituents is 2. The Kier molecular flexibility index (Phi) is 5.50. The first kappa shape index (κ1) is 17.1. The first-order valence-electron chi connectivity index (χ1n) is 7.22. The predicted molar refractivity (Wildman–Crippen MR) is 90.8 cm³/mol. The van der Waals surface area contributed by atoms with Crippen LogP contribution in [0.1, 0.15) is 19.8 Å². The van der Waals surface area contributed by atoms with Crippen molar-refractivity contribution in [2.24, 2.45) is 0 Å². The summed E-state index contributed by atoms with van der Waals surface area (Å²) < 4.78 is 22.8. The highest BCUT2D eigenvalue weighted by atomic mass is 32.2. The van der Waals surface area contributed by atoms with Crippen molar-refractivity contribution in [1.29, 1.82) is 0 Å². The number of fused-ring (bicyclic) bond motifs is 1. The van der Waals surface area contributed by atoms with E-state index in [2.05, 4.69) is 0 Å². The van der Waals surface area contributed by atoms with E-state index in [1.165, 1.54) is 25.7 Å². The van der Waals surface area contributed by atoms with Crippen molar-refractivity contribution in [2.45, 2.75) is 24.7 Å². The maximum absolute atomic E-state index is 12.4. The first-order valence-corrected chi connectivity index (χ1v) is 8.43. The number of allylic oxidation sites excluding steroid dienone is 1. The van der Waals surface area contributed by atoms with Gasteiger partial charge >= 0.3 is 0 Å². The molecule has 23 heavy (non-hydrogen) atoms. The Bertz CT molecular complexity index is 767. The van der Waals surface area contributed by atoms with Gasteiger partial charge in [0.2, 0.25) is 0 Å². The minimum atomic E-state index is -1.57. The van der Waals surface area contributed by atoms with E-state index in [0.29, 0.717) is 16.9 Å². The second-order valence-electron chi connectivity index (χ2n) is 4.92. The number of hydrogen-bond acceptors (Lipinski definition) is 5. The monoisotopic (exact) mass is 336 g/mol. The molecule has 124 valence electrons. The Morgan fingerprint density at radius 1 is 1.13 bits per heavy atom. The van der Waals surface area contributed by atoms with E-state index in [0.717, 1.165) is 12.8 Å². The van der Waals surface area contributed by atoms with Gasteiger partial charge < -0.3 is 19.7 Å². The SMILES string of the molecule is CCC/C=C/S(=O)c1cc(O)c2c(OC)ccc(OC)c2c1O. The maximum atomic E-state index is 12.4. The molecular weight excluding hydrogens is 316 g/mol. The molecule has 0 saturated heterocycles. The fourth-order valence-corrected chi connectivity index (χ4v) is 3.31. The van der Waals surface area contributed by atoms with E-state index in [4.69, 9.17) is 9.47 Å². The third-order valence-corrected chi connectivity index (χ3v) is 4.64. The lowest BCUT2D eigenvalue weighted by atomic mass is 10.1. The van der Waals surface area contributed by atoms with Crippen LogP contribution < -0.4 is 9.47 Å². The Hall–Kier alpha value is -2.21. The summed E-state index contributed by atoms with van der Waals surface area (Å²) in [5.74, 6) is 0.450. The lowest BCUT2D eigenvalue weighted by molar-refractivity contribution is 0.403. The molecule has 0 heterocycles. The fourth-order valence-electron chi connectivity index (χ4n) is 2.33. The van der Waals surface area contributed by atoms with Crippen LogP contribution in [0, 0.1) is 0 Å². The molecule has 0 aliphatic heterocycles. The van der Waals surface area contributed by atoms with Gasteiger partial charge in [0.1, 0.15) is 23.0 Å². The number of ether oxygens (including phenoxy) is 2.